The summed E-state index contributed by atoms with van der Waals surface area (Å²) in [6, 6.07) is 1.99. The molecule has 1 heterocycles. The molecule has 0 atom stereocenters. The van der Waals surface area contributed by atoms with Gasteiger partial charge >= 0.3 is 0 Å². The van der Waals surface area contributed by atoms with Gasteiger partial charge in [0.2, 0.25) is 0 Å². The number of aliphatic imine (C=N–C) groups is 1. The van der Waals surface area contributed by atoms with Crippen molar-refractivity contribution in [1.82, 2.24) is 15.8 Å². The van der Waals surface area contributed by atoms with E-state index in [0.717, 1.165) is 42.8 Å². The van der Waals surface area contributed by atoms with Crippen molar-refractivity contribution in [2.24, 2.45) is 16.3 Å². The molecule has 2 N–H and O–H groups in total. The van der Waals surface area contributed by atoms with E-state index in [2.05, 4.69) is 48.5 Å². The van der Waals surface area contributed by atoms with Gasteiger partial charge in [0.1, 0.15) is 6.54 Å². The monoisotopic (exact) mass is 320 g/mol. The van der Waals surface area contributed by atoms with E-state index in [1.165, 1.54) is 25.7 Å². The fraction of sp³-hybridized carbons (Fsp3) is 0.778. The van der Waals surface area contributed by atoms with Gasteiger partial charge in [0.15, 0.2) is 11.7 Å². The number of aromatic nitrogens is 1. The molecular weight excluding hydrogens is 288 g/mol. The van der Waals surface area contributed by atoms with Crippen molar-refractivity contribution in [3.8, 4) is 0 Å². The lowest BCUT2D eigenvalue weighted by molar-refractivity contribution is 0.104. The molecule has 5 nitrogen and oxygen atoms in total. The maximum atomic E-state index is 5.30. The molecule has 0 unspecified atom stereocenters. The molecule has 0 aliphatic heterocycles. The van der Waals surface area contributed by atoms with Gasteiger partial charge in [-0.1, -0.05) is 32.3 Å². The van der Waals surface area contributed by atoms with Gasteiger partial charge < -0.3 is 15.2 Å². The van der Waals surface area contributed by atoms with Crippen molar-refractivity contribution in [3.63, 3.8) is 0 Å². The molecule has 1 aliphatic rings. The highest BCUT2D eigenvalue weighted by Gasteiger charge is 2.37. The zero-order chi connectivity index (χ0) is 16.7. The Balaban J connectivity index is 1.90. The highest BCUT2D eigenvalue weighted by Crippen LogP contribution is 2.45. The predicted molar refractivity (Wildman–Crippen MR) is 94.4 cm³/mol. The predicted octanol–water partition coefficient (Wildman–Crippen LogP) is 3.51. The van der Waals surface area contributed by atoms with Gasteiger partial charge in [0.05, 0.1) is 5.69 Å². The molecule has 0 bridgehead atoms. The van der Waals surface area contributed by atoms with Crippen LogP contribution in [-0.2, 0) is 13.0 Å². The Morgan fingerprint density at radius 3 is 2.65 bits per heavy atom. The second-order valence-electron chi connectivity index (χ2n) is 7.14. The van der Waals surface area contributed by atoms with Crippen LogP contribution < -0.4 is 10.6 Å². The summed E-state index contributed by atoms with van der Waals surface area (Å²) in [6.45, 7) is 11.2. The number of nitrogens with zero attached hydrogens (tertiary/aromatic N) is 2. The second-order valence-corrected chi connectivity index (χ2v) is 7.14. The summed E-state index contributed by atoms with van der Waals surface area (Å²) in [6.07, 6.45) is 6.21. The SMILES string of the molecule is CCNC(=NCc1cc(CC)no1)NCC1(CC(C)C)CCC1. The molecule has 1 saturated carbocycles. The molecule has 0 amide bonds. The summed E-state index contributed by atoms with van der Waals surface area (Å²) in [5.74, 6) is 2.44. The smallest absolute Gasteiger partial charge is 0.191 e. The minimum atomic E-state index is 0.464. The molecule has 0 spiro atoms. The number of guanidine groups is 1. The first-order valence-electron chi connectivity index (χ1n) is 9.03. The third-order valence-corrected chi connectivity index (χ3v) is 4.59. The fourth-order valence-corrected chi connectivity index (χ4v) is 3.36. The van der Waals surface area contributed by atoms with E-state index in [1.54, 1.807) is 0 Å². The molecule has 130 valence electrons. The van der Waals surface area contributed by atoms with Crippen LogP contribution in [0, 0.1) is 11.3 Å². The topological polar surface area (TPSA) is 62.5 Å². The fourth-order valence-electron chi connectivity index (χ4n) is 3.36. The minimum Gasteiger partial charge on any atom is -0.359 e. The van der Waals surface area contributed by atoms with Crippen LogP contribution in [0.2, 0.25) is 0 Å². The Hall–Kier alpha value is -1.52. The van der Waals surface area contributed by atoms with Gasteiger partial charge in [-0.3, -0.25) is 0 Å². The maximum Gasteiger partial charge on any atom is 0.191 e. The number of aryl methyl sites for hydroxylation is 1. The Morgan fingerprint density at radius 1 is 1.35 bits per heavy atom. The number of hydrogen-bond donors (Lipinski definition) is 2. The highest BCUT2D eigenvalue weighted by atomic mass is 16.5. The van der Waals surface area contributed by atoms with E-state index in [-0.39, 0.29) is 0 Å². The lowest BCUT2D eigenvalue weighted by Crippen LogP contribution is -2.47. The van der Waals surface area contributed by atoms with Crippen LogP contribution in [0.25, 0.3) is 0 Å². The summed E-state index contributed by atoms with van der Waals surface area (Å²) < 4.78 is 5.30. The van der Waals surface area contributed by atoms with E-state index < -0.39 is 0 Å². The van der Waals surface area contributed by atoms with Crippen LogP contribution in [0.15, 0.2) is 15.6 Å². The molecule has 0 radical (unpaired) electrons. The Morgan fingerprint density at radius 2 is 2.13 bits per heavy atom. The average Bonchev–Trinajstić information content (AvgIpc) is 2.94. The second kappa shape index (κ2) is 8.37. The van der Waals surface area contributed by atoms with Gasteiger partial charge in [0, 0.05) is 19.2 Å². The standard InChI is InChI=1S/C18H32N4O/c1-5-15-10-16(23-22-15)12-20-17(19-6-2)21-13-18(8-7-9-18)11-14(3)4/h10,14H,5-9,11-13H2,1-4H3,(H2,19,20,21). The summed E-state index contributed by atoms with van der Waals surface area (Å²) in [5.41, 5.74) is 1.45. The number of nitrogens with one attached hydrogen (secondary N) is 2. The normalized spacial score (nSPS) is 17.2. The lowest BCUT2D eigenvalue weighted by atomic mass is 9.64. The quantitative estimate of drug-likeness (QED) is 0.568. The van der Waals surface area contributed by atoms with Crippen molar-refractivity contribution in [3.05, 3.63) is 17.5 Å². The Kier molecular flexibility index (Phi) is 6.48. The molecular formula is C18H32N4O. The van der Waals surface area contributed by atoms with Crippen LogP contribution in [0.5, 0.6) is 0 Å². The molecule has 2 rings (SSSR count). The van der Waals surface area contributed by atoms with Crippen LogP contribution in [0.4, 0.5) is 0 Å². The molecule has 1 aromatic heterocycles. The number of hydrogen-bond acceptors (Lipinski definition) is 3. The maximum absolute atomic E-state index is 5.30. The van der Waals surface area contributed by atoms with Crippen LogP contribution >= 0.6 is 0 Å². The van der Waals surface area contributed by atoms with E-state index >= 15 is 0 Å². The zero-order valence-electron chi connectivity index (χ0n) is 15.1. The van der Waals surface area contributed by atoms with Gasteiger partial charge in [-0.15, -0.1) is 0 Å². The van der Waals surface area contributed by atoms with Gasteiger partial charge in [-0.05, 0) is 43.9 Å². The molecule has 0 saturated heterocycles. The molecule has 5 heteroatoms. The van der Waals surface area contributed by atoms with Crippen molar-refractivity contribution in [2.45, 2.75) is 66.3 Å². The molecule has 1 aromatic rings. The highest BCUT2D eigenvalue weighted by molar-refractivity contribution is 5.79. The Labute approximate surface area is 140 Å². The van der Waals surface area contributed by atoms with E-state index in [9.17, 15) is 0 Å². The lowest BCUT2D eigenvalue weighted by Gasteiger charge is -2.43. The summed E-state index contributed by atoms with van der Waals surface area (Å²) in [4.78, 5) is 4.63. The molecule has 23 heavy (non-hydrogen) atoms. The van der Waals surface area contributed by atoms with Crippen LogP contribution in [-0.4, -0.2) is 24.2 Å². The minimum absolute atomic E-state index is 0.464. The van der Waals surface area contributed by atoms with Gasteiger partial charge in [-0.2, -0.15) is 0 Å². The number of rotatable bonds is 8. The van der Waals surface area contributed by atoms with Crippen molar-refractivity contribution >= 4 is 5.96 Å². The van der Waals surface area contributed by atoms with Crippen LogP contribution in [0.1, 0.15) is 64.8 Å². The van der Waals surface area contributed by atoms with Crippen molar-refractivity contribution in [1.29, 1.82) is 0 Å². The van der Waals surface area contributed by atoms with Gasteiger partial charge in [0.25, 0.3) is 0 Å². The zero-order valence-corrected chi connectivity index (χ0v) is 15.1. The summed E-state index contributed by atoms with van der Waals surface area (Å²) in [7, 11) is 0. The van der Waals surface area contributed by atoms with Gasteiger partial charge in [-0.25, -0.2) is 4.99 Å². The average molecular weight is 320 g/mol. The van der Waals surface area contributed by atoms with Crippen LogP contribution in [0.3, 0.4) is 0 Å². The van der Waals surface area contributed by atoms with E-state index in [4.69, 9.17) is 4.52 Å². The van der Waals surface area contributed by atoms with Crippen molar-refractivity contribution in [2.75, 3.05) is 13.1 Å². The summed E-state index contributed by atoms with van der Waals surface area (Å²) in [5, 5.41) is 10.9. The van der Waals surface area contributed by atoms with Crippen molar-refractivity contribution < 1.29 is 4.52 Å². The summed E-state index contributed by atoms with van der Waals surface area (Å²) >= 11 is 0. The first-order valence-corrected chi connectivity index (χ1v) is 9.03. The first-order chi connectivity index (χ1) is 11.1. The third-order valence-electron chi connectivity index (χ3n) is 4.59. The first kappa shape index (κ1) is 17.8. The third kappa shape index (κ3) is 5.26. The van der Waals surface area contributed by atoms with E-state index in [1.807, 2.05) is 6.07 Å². The van der Waals surface area contributed by atoms with E-state index in [0.29, 0.717) is 12.0 Å². The molecule has 1 aliphatic carbocycles. The molecule has 0 aromatic carbocycles. The molecule has 1 fully saturated rings. The largest absolute Gasteiger partial charge is 0.359 e. The Bertz CT molecular complexity index is 503.